The summed E-state index contributed by atoms with van der Waals surface area (Å²) in [4.78, 5) is 27.3. The molecule has 1 aliphatic carbocycles. The van der Waals surface area contributed by atoms with Crippen LogP contribution < -0.4 is 25.6 Å². The van der Waals surface area contributed by atoms with Gasteiger partial charge in [-0.2, -0.15) is 13.2 Å². The summed E-state index contributed by atoms with van der Waals surface area (Å²) in [5.41, 5.74) is 3.83. The Bertz CT molecular complexity index is 1400. The van der Waals surface area contributed by atoms with Crippen molar-refractivity contribution in [2.45, 2.75) is 48.9 Å². The Kier molecular flexibility index (Phi) is 3.88. The number of alkyl halides is 3. The van der Waals surface area contributed by atoms with Crippen molar-refractivity contribution in [3.63, 3.8) is 0 Å². The van der Waals surface area contributed by atoms with Gasteiger partial charge in [-0.05, 0) is 25.0 Å². The van der Waals surface area contributed by atoms with Crippen LogP contribution in [0.5, 0.6) is 5.75 Å². The Morgan fingerprint density at radius 3 is 2.79 bits per heavy atom. The summed E-state index contributed by atoms with van der Waals surface area (Å²) >= 11 is 1.61. The Morgan fingerprint density at radius 1 is 1.42 bits per heavy atom. The third kappa shape index (κ3) is 2.37. The Labute approximate surface area is 187 Å². The number of aliphatic imine (C=N–C) groups is 1. The first-order chi connectivity index (χ1) is 15.5. The molecule has 1 saturated heterocycles. The van der Waals surface area contributed by atoms with Crippen LogP contribution in [-0.2, 0) is 15.0 Å². The minimum atomic E-state index is -5.19. The molecule has 5 aliphatic heterocycles. The first kappa shape index (κ1) is 20.7. The average molecular weight is 479 g/mol. The average Bonchev–Trinajstić information content (AvgIpc) is 3.20. The first-order valence-electron chi connectivity index (χ1n) is 10.2. The molecule has 1 aromatic carbocycles. The van der Waals surface area contributed by atoms with Gasteiger partial charge < -0.3 is 25.4 Å². The fraction of sp³-hybridized carbons (Fsp3) is 0.429. The van der Waals surface area contributed by atoms with E-state index in [9.17, 15) is 28.2 Å². The summed E-state index contributed by atoms with van der Waals surface area (Å²) in [6.45, 7) is 2.67. The summed E-state index contributed by atoms with van der Waals surface area (Å²) in [6, 6.07) is -0.535. The summed E-state index contributed by atoms with van der Waals surface area (Å²) < 4.78 is 33.6. The molecule has 1 fully saturated rings. The highest BCUT2D eigenvalue weighted by Gasteiger charge is 2.67. The minimum Gasteiger partial charge on any atom is -0.542 e. The number of carbonyl (C=O) groups excluding carboxylic acids is 2. The first-order valence-corrected chi connectivity index (χ1v) is 11.1. The van der Waals surface area contributed by atoms with Gasteiger partial charge in [0.25, 0.3) is 0 Å². The number of thioether (sulfide) groups is 1. The zero-order valence-corrected chi connectivity index (χ0v) is 17.8. The van der Waals surface area contributed by atoms with Gasteiger partial charge in [0.1, 0.15) is 24.3 Å². The topological polar surface area (TPSA) is 125 Å². The van der Waals surface area contributed by atoms with E-state index in [1.54, 1.807) is 17.8 Å². The van der Waals surface area contributed by atoms with Gasteiger partial charge in [-0.25, -0.2) is 9.57 Å². The molecule has 0 radical (unpaired) electrons. The standard InChI is InChI=1S/C19H15N3O3S.C2HF3O2/c1-6-7-2-3-22-15-8(23)4-9-19(18(15)25)5-10(26-9)21-14-12(19)16(22)11(7)13(20-6)17(14)24;3-2(4,5)1(6)7/h4,10,15,18,25H,2-3,5H2,1H3,(H,20,21,24);(H,6,7)/t10-,15+,18-,19+;/m0./s1. The van der Waals surface area contributed by atoms with Gasteiger partial charge in [0.15, 0.2) is 5.75 Å². The number of carboxylic acid groups (broad SMARTS) is 1. The number of fused-ring (bicyclic) bond motifs is 3. The largest absolute Gasteiger partial charge is 0.542 e. The van der Waals surface area contributed by atoms with E-state index >= 15 is 0 Å². The summed E-state index contributed by atoms with van der Waals surface area (Å²) in [5.74, 6) is -2.83. The quantitative estimate of drug-likeness (QED) is 0.328. The van der Waals surface area contributed by atoms with Crippen LogP contribution in [0.15, 0.2) is 16.0 Å². The smallest absolute Gasteiger partial charge is 0.430 e. The number of hydrogen-bond donors (Lipinski definition) is 3. The number of phenols is 1. The number of benzene rings is 1. The van der Waals surface area contributed by atoms with Crippen molar-refractivity contribution in [2.75, 3.05) is 11.9 Å². The monoisotopic (exact) mass is 479 g/mol. The maximum atomic E-state index is 12.9. The van der Waals surface area contributed by atoms with Crippen LogP contribution in [0.4, 0.5) is 24.5 Å². The van der Waals surface area contributed by atoms with Crippen LogP contribution in [-0.4, -0.2) is 57.9 Å². The number of halogens is 3. The van der Waals surface area contributed by atoms with Crippen molar-refractivity contribution in [1.82, 2.24) is 4.58 Å². The third-order valence-electron chi connectivity index (χ3n) is 7.23. The van der Waals surface area contributed by atoms with E-state index in [0.29, 0.717) is 17.9 Å². The fourth-order valence-electron chi connectivity index (χ4n) is 6.01. The highest BCUT2D eigenvalue weighted by Crippen LogP contribution is 2.62. The van der Waals surface area contributed by atoms with E-state index < -0.39 is 29.7 Å². The molecule has 1 spiro atoms. The second kappa shape index (κ2) is 6.17. The second-order valence-corrected chi connectivity index (χ2v) is 10.0. The van der Waals surface area contributed by atoms with Crippen LogP contribution in [0.3, 0.4) is 0 Å². The van der Waals surface area contributed by atoms with Gasteiger partial charge in [-0.1, -0.05) is 0 Å². The van der Waals surface area contributed by atoms with Gasteiger partial charge in [0.2, 0.25) is 17.2 Å². The molecule has 7 rings (SSSR count). The number of hydrogen-bond acceptors (Lipinski definition) is 8. The molecule has 0 aromatic heterocycles. The molecule has 4 atom stereocenters. The van der Waals surface area contributed by atoms with Crippen molar-refractivity contribution in [2.24, 2.45) is 4.99 Å². The van der Waals surface area contributed by atoms with Gasteiger partial charge in [0.05, 0.1) is 27.3 Å². The molecule has 0 saturated carbocycles. The van der Waals surface area contributed by atoms with Crippen LogP contribution in [0.25, 0.3) is 5.57 Å². The van der Waals surface area contributed by atoms with E-state index in [-0.39, 0.29) is 16.9 Å². The van der Waals surface area contributed by atoms with Crippen LogP contribution >= 0.6 is 11.8 Å². The van der Waals surface area contributed by atoms with Crippen LogP contribution in [0.2, 0.25) is 0 Å². The SMILES string of the molecule is CC1=Nc2c(O)c3c4c5c2=C1CC[N+]=5[C@@H]1C(=O)C=C2S[C@@H](C[C@@]24[C@H]1O)N3.O=C([O-])C(F)(F)F. The number of aromatic hydroxyl groups is 1. The second-order valence-electron chi connectivity index (χ2n) is 8.80. The number of aliphatic hydroxyl groups excluding tert-OH is 1. The highest BCUT2D eigenvalue weighted by molar-refractivity contribution is 8.04. The molecule has 3 bridgehead atoms. The van der Waals surface area contributed by atoms with E-state index in [0.717, 1.165) is 39.6 Å². The van der Waals surface area contributed by atoms with E-state index in [4.69, 9.17) is 9.90 Å². The third-order valence-corrected chi connectivity index (χ3v) is 8.54. The zero-order valence-electron chi connectivity index (χ0n) is 17.0. The number of aliphatic hydroxyl groups is 1. The number of rotatable bonds is 0. The molecule has 12 heteroatoms. The van der Waals surface area contributed by atoms with Crippen LogP contribution in [0, 0.1) is 0 Å². The number of carboxylic acids is 1. The van der Waals surface area contributed by atoms with Gasteiger partial charge in [-0.3, -0.25) is 4.79 Å². The molecule has 172 valence electrons. The number of ketones is 1. The van der Waals surface area contributed by atoms with E-state index in [1.165, 1.54) is 5.57 Å². The Morgan fingerprint density at radius 2 is 2.12 bits per heavy atom. The van der Waals surface area contributed by atoms with Crippen molar-refractivity contribution in [3.05, 3.63) is 27.1 Å². The van der Waals surface area contributed by atoms with Crippen molar-refractivity contribution in [1.29, 1.82) is 0 Å². The number of carbonyl (C=O) groups is 2. The molecule has 5 heterocycles. The van der Waals surface area contributed by atoms with Gasteiger partial charge in [-0.15, -0.1) is 11.8 Å². The van der Waals surface area contributed by atoms with Crippen molar-refractivity contribution >= 4 is 46.2 Å². The molecule has 6 aliphatic rings. The number of nitrogens with zero attached hydrogens (tertiary/aromatic N) is 2. The molecule has 1 aromatic rings. The van der Waals surface area contributed by atoms with Crippen molar-refractivity contribution in [3.8, 4) is 5.75 Å². The minimum absolute atomic E-state index is 0.00807. The lowest BCUT2D eigenvalue weighted by molar-refractivity contribution is -0.344. The molecule has 0 unspecified atom stereocenters. The summed E-state index contributed by atoms with van der Waals surface area (Å²) in [6.07, 6.45) is -2.70. The molecular weight excluding hydrogens is 463 g/mol. The summed E-state index contributed by atoms with van der Waals surface area (Å²) in [5, 5.41) is 36.7. The van der Waals surface area contributed by atoms with Gasteiger partial charge in [0, 0.05) is 17.0 Å². The fourth-order valence-corrected chi connectivity index (χ4v) is 7.54. The van der Waals surface area contributed by atoms with Gasteiger partial charge >= 0.3 is 6.18 Å². The molecular formula is C21H16F3N3O5S. The number of anilines is 1. The molecule has 33 heavy (non-hydrogen) atoms. The van der Waals surface area contributed by atoms with E-state index in [1.807, 2.05) is 6.92 Å². The number of aliphatic carboxylic acids is 1. The lowest BCUT2D eigenvalue weighted by atomic mass is 9.62. The lowest BCUT2D eigenvalue weighted by Crippen LogP contribution is -2.70. The van der Waals surface area contributed by atoms with Crippen molar-refractivity contribution < 1.29 is 38.1 Å². The van der Waals surface area contributed by atoms with Crippen LogP contribution in [0.1, 0.15) is 25.3 Å². The van der Waals surface area contributed by atoms with E-state index in [2.05, 4.69) is 14.9 Å². The number of phenolic OH excluding ortho intramolecular Hbond substituents is 1. The number of nitrogens with one attached hydrogen (secondary N) is 1. The summed E-state index contributed by atoms with van der Waals surface area (Å²) in [7, 11) is 0. The molecule has 0 amide bonds. The highest BCUT2D eigenvalue weighted by atomic mass is 32.2. The maximum Gasteiger partial charge on any atom is 0.430 e. The Balaban J connectivity index is 0.000000261. The normalized spacial score (nSPS) is 31.4. The zero-order chi connectivity index (χ0) is 23.6. The maximum absolute atomic E-state index is 12.9. The molecule has 3 N–H and O–H groups in total. The molecule has 8 nitrogen and oxygen atoms in total. The lowest BCUT2D eigenvalue weighted by Gasteiger charge is -2.45. The predicted molar refractivity (Wildman–Crippen MR) is 109 cm³/mol. The predicted octanol–water partition coefficient (Wildman–Crippen LogP) is -0.822. The Hall–Kier alpha value is -2.86.